The lowest BCUT2D eigenvalue weighted by atomic mass is 9.71. The number of piperidine rings is 1. The molecule has 0 N–H and O–H groups in total. The first kappa shape index (κ1) is 19.0. The molecule has 134 valence electrons. The van der Waals surface area contributed by atoms with Gasteiger partial charge >= 0.3 is 0 Å². The van der Waals surface area contributed by atoms with Crippen LogP contribution in [-0.2, 0) is 15.0 Å². The molecule has 2 rings (SSSR count). The zero-order chi connectivity index (χ0) is 18.4. The van der Waals surface area contributed by atoms with Crippen LogP contribution < -0.4 is 0 Å². The Kier molecular flexibility index (Phi) is 6.18. The van der Waals surface area contributed by atoms with Crippen LogP contribution in [-0.4, -0.2) is 47.8 Å². The smallest absolute Gasteiger partial charge is 0.245 e. The molecule has 1 aliphatic rings. The third-order valence-corrected chi connectivity index (χ3v) is 4.97. The van der Waals surface area contributed by atoms with Gasteiger partial charge in [0, 0.05) is 26.2 Å². The van der Waals surface area contributed by atoms with Crippen LogP contribution >= 0.6 is 0 Å². The van der Waals surface area contributed by atoms with Crippen LogP contribution in [0, 0.1) is 0 Å². The number of likely N-dealkylation sites (tertiary alicyclic amines) is 1. The first-order chi connectivity index (χ1) is 11.9. The van der Waals surface area contributed by atoms with Gasteiger partial charge in [0.2, 0.25) is 11.8 Å². The molecule has 1 saturated heterocycles. The number of nitrogens with zero attached hydrogens (tertiary/aromatic N) is 2. The Bertz CT molecular complexity index is 643. The molecule has 2 amide bonds. The standard InChI is InChI=1S/C21H28N2O2/c1-5-19(24)23-14-12-21(13-15-23,18-10-8-7-9-11-18)20(25)22(6-2)16-17(3)4/h5,7-11H,1,3,6,12-16H2,2,4H3. The van der Waals surface area contributed by atoms with Gasteiger partial charge in [0.05, 0.1) is 5.41 Å². The Balaban J connectivity index is 2.35. The minimum Gasteiger partial charge on any atom is -0.339 e. The molecule has 1 fully saturated rings. The van der Waals surface area contributed by atoms with E-state index in [1.54, 1.807) is 4.90 Å². The molecule has 25 heavy (non-hydrogen) atoms. The second-order valence-corrected chi connectivity index (χ2v) is 6.75. The van der Waals surface area contributed by atoms with Gasteiger partial charge in [0.1, 0.15) is 0 Å². The molecule has 0 spiro atoms. The Labute approximate surface area is 150 Å². The molecule has 1 aromatic rings. The normalized spacial score (nSPS) is 16.2. The van der Waals surface area contributed by atoms with Gasteiger partial charge in [0.25, 0.3) is 0 Å². The Morgan fingerprint density at radius 3 is 2.32 bits per heavy atom. The number of hydrogen-bond donors (Lipinski definition) is 0. The summed E-state index contributed by atoms with van der Waals surface area (Å²) in [4.78, 5) is 29.1. The number of amides is 2. The summed E-state index contributed by atoms with van der Waals surface area (Å²) in [5.41, 5.74) is 1.42. The van der Waals surface area contributed by atoms with Gasteiger partial charge in [-0.15, -0.1) is 0 Å². The number of carbonyl (C=O) groups excluding carboxylic acids is 2. The van der Waals surface area contributed by atoms with Gasteiger partial charge in [-0.25, -0.2) is 0 Å². The molecule has 1 aliphatic heterocycles. The summed E-state index contributed by atoms with van der Waals surface area (Å²) in [5.74, 6) is 0.0679. The van der Waals surface area contributed by atoms with Crippen LogP contribution in [0.2, 0.25) is 0 Å². The van der Waals surface area contributed by atoms with E-state index in [0.29, 0.717) is 39.0 Å². The fourth-order valence-electron chi connectivity index (χ4n) is 3.58. The fraction of sp³-hybridized carbons (Fsp3) is 0.429. The molecule has 1 heterocycles. The SMILES string of the molecule is C=CC(=O)N1CCC(C(=O)N(CC)CC(=C)C)(c2ccccc2)CC1. The lowest BCUT2D eigenvalue weighted by Gasteiger charge is -2.43. The highest BCUT2D eigenvalue weighted by molar-refractivity contribution is 5.90. The molecule has 0 radical (unpaired) electrons. The zero-order valence-electron chi connectivity index (χ0n) is 15.3. The van der Waals surface area contributed by atoms with Crippen LogP contribution in [0.4, 0.5) is 0 Å². The van der Waals surface area contributed by atoms with E-state index in [4.69, 9.17) is 0 Å². The van der Waals surface area contributed by atoms with Gasteiger partial charge in [-0.3, -0.25) is 9.59 Å². The third kappa shape index (κ3) is 4.01. The van der Waals surface area contributed by atoms with E-state index >= 15 is 0 Å². The third-order valence-electron chi connectivity index (χ3n) is 4.97. The van der Waals surface area contributed by atoms with Crippen molar-refractivity contribution in [3.05, 3.63) is 60.7 Å². The highest BCUT2D eigenvalue weighted by atomic mass is 16.2. The number of carbonyl (C=O) groups is 2. The summed E-state index contributed by atoms with van der Waals surface area (Å²) >= 11 is 0. The van der Waals surface area contributed by atoms with E-state index in [0.717, 1.165) is 11.1 Å². The Morgan fingerprint density at radius 1 is 1.24 bits per heavy atom. The van der Waals surface area contributed by atoms with E-state index in [1.165, 1.54) is 6.08 Å². The predicted molar refractivity (Wildman–Crippen MR) is 101 cm³/mol. The quantitative estimate of drug-likeness (QED) is 0.589. The van der Waals surface area contributed by atoms with Crippen molar-refractivity contribution in [2.24, 2.45) is 0 Å². The minimum atomic E-state index is -0.579. The topological polar surface area (TPSA) is 40.6 Å². The molecule has 4 nitrogen and oxygen atoms in total. The van der Waals surface area contributed by atoms with Crippen LogP contribution in [0.5, 0.6) is 0 Å². The van der Waals surface area contributed by atoms with E-state index in [-0.39, 0.29) is 11.8 Å². The van der Waals surface area contributed by atoms with Gasteiger partial charge in [-0.05, 0) is 38.3 Å². The first-order valence-corrected chi connectivity index (χ1v) is 8.85. The maximum absolute atomic E-state index is 13.5. The van der Waals surface area contributed by atoms with E-state index < -0.39 is 5.41 Å². The second-order valence-electron chi connectivity index (χ2n) is 6.75. The highest BCUT2D eigenvalue weighted by Gasteiger charge is 2.45. The lowest BCUT2D eigenvalue weighted by Crippen LogP contribution is -2.54. The average Bonchev–Trinajstić information content (AvgIpc) is 2.65. The summed E-state index contributed by atoms with van der Waals surface area (Å²) in [6, 6.07) is 9.96. The van der Waals surface area contributed by atoms with Crippen molar-refractivity contribution in [3.8, 4) is 0 Å². The van der Waals surface area contributed by atoms with E-state index in [2.05, 4.69) is 13.2 Å². The fourth-order valence-corrected chi connectivity index (χ4v) is 3.58. The van der Waals surface area contributed by atoms with Gasteiger partial charge < -0.3 is 9.80 Å². The Hall–Kier alpha value is -2.36. The van der Waals surface area contributed by atoms with Gasteiger partial charge in [-0.1, -0.05) is 49.1 Å². The zero-order valence-corrected chi connectivity index (χ0v) is 15.3. The maximum atomic E-state index is 13.5. The molecule has 0 bridgehead atoms. The van der Waals surface area contributed by atoms with Crippen molar-refractivity contribution in [2.45, 2.75) is 32.1 Å². The molecule has 1 aromatic carbocycles. The summed E-state index contributed by atoms with van der Waals surface area (Å²) in [6.45, 7) is 13.8. The predicted octanol–water partition coefficient (Wildman–Crippen LogP) is 3.16. The molecule has 4 heteroatoms. The monoisotopic (exact) mass is 340 g/mol. The largest absolute Gasteiger partial charge is 0.339 e. The van der Waals surface area contributed by atoms with Crippen LogP contribution in [0.3, 0.4) is 0 Å². The number of hydrogen-bond acceptors (Lipinski definition) is 2. The van der Waals surface area contributed by atoms with Crippen LogP contribution in [0.15, 0.2) is 55.1 Å². The van der Waals surface area contributed by atoms with Gasteiger partial charge in [0.15, 0.2) is 0 Å². The van der Waals surface area contributed by atoms with Crippen molar-refractivity contribution < 1.29 is 9.59 Å². The van der Waals surface area contributed by atoms with Crippen LogP contribution in [0.25, 0.3) is 0 Å². The lowest BCUT2D eigenvalue weighted by molar-refractivity contribution is -0.141. The number of likely N-dealkylation sites (N-methyl/N-ethyl adjacent to an activating group) is 1. The van der Waals surface area contributed by atoms with E-state index in [1.807, 2.05) is 49.1 Å². The Morgan fingerprint density at radius 2 is 1.84 bits per heavy atom. The highest BCUT2D eigenvalue weighted by Crippen LogP contribution is 2.37. The molecule has 0 unspecified atom stereocenters. The number of benzene rings is 1. The summed E-state index contributed by atoms with van der Waals surface area (Å²) in [6.07, 6.45) is 2.60. The molecule has 0 aromatic heterocycles. The van der Waals surface area contributed by atoms with Crippen molar-refractivity contribution in [3.63, 3.8) is 0 Å². The molecule has 0 aliphatic carbocycles. The number of rotatable bonds is 6. The van der Waals surface area contributed by atoms with Crippen molar-refractivity contribution in [1.82, 2.24) is 9.80 Å². The van der Waals surface area contributed by atoms with Crippen molar-refractivity contribution in [1.29, 1.82) is 0 Å². The summed E-state index contributed by atoms with van der Waals surface area (Å²) < 4.78 is 0. The van der Waals surface area contributed by atoms with Gasteiger partial charge in [-0.2, -0.15) is 0 Å². The van der Waals surface area contributed by atoms with Crippen molar-refractivity contribution >= 4 is 11.8 Å². The molecule has 0 atom stereocenters. The second kappa shape index (κ2) is 8.15. The van der Waals surface area contributed by atoms with Crippen molar-refractivity contribution in [2.75, 3.05) is 26.2 Å². The molecular formula is C21H28N2O2. The first-order valence-electron chi connectivity index (χ1n) is 8.85. The van der Waals surface area contributed by atoms with Crippen LogP contribution in [0.1, 0.15) is 32.3 Å². The molecule has 0 saturated carbocycles. The summed E-state index contributed by atoms with van der Waals surface area (Å²) in [7, 11) is 0. The van der Waals surface area contributed by atoms with E-state index in [9.17, 15) is 9.59 Å². The maximum Gasteiger partial charge on any atom is 0.245 e. The average molecular weight is 340 g/mol. The minimum absolute atomic E-state index is 0.0663. The molecular weight excluding hydrogens is 312 g/mol. The summed E-state index contributed by atoms with van der Waals surface area (Å²) in [5, 5.41) is 0.